The smallest absolute Gasteiger partial charge is 0.322 e. The number of nitrogens with zero attached hydrogens (tertiary/aromatic N) is 2. The molecular formula is C21H21FN4O2. The average Bonchev–Trinajstić information content (AvgIpc) is 3.25. The first kappa shape index (κ1) is 18.0. The zero-order valence-corrected chi connectivity index (χ0v) is 15.5. The minimum Gasteiger partial charge on any atom is -0.497 e. The second-order valence-corrected chi connectivity index (χ2v) is 6.74. The van der Waals surface area contributed by atoms with Crippen LogP contribution in [0.3, 0.4) is 0 Å². The van der Waals surface area contributed by atoms with E-state index in [4.69, 9.17) is 4.74 Å². The highest BCUT2D eigenvalue weighted by atomic mass is 19.1. The van der Waals surface area contributed by atoms with Gasteiger partial charge in [-0.05, 0) is 53.8 Å². The van der Waals surface area contributed by atoms with Crippen LogP contribution in [0.5, 0.6) is 5.75 Å². The molecule has 0 saturated carbocycles. The van der Waals surface area contributed by atoms with Crippen molar-refractivity contribution >= 4 is 11.7 Å². The van der Waals surface area contributed by atoms with E-state index < -0.39 is 5.82 Å². The fourth-order valence-corrected chi connectivity index (χ4v) is 3.51. The molecule has 0 fully saturated rings. The molecule has 0 bridgehead atoms. The highest BCUT2D eigenvalue weighted by Gasteiger charge is 2.23. The van der Waals surface area contributed by atoms with Gasteiger partial charge < -0.3 is 10.1 Å². The average molecular weight is 380 g/mol. The van der Waals surface area contributed by atoms with Crippen LogP contribution < -0.4 is 15.0 Å². The molecule has 28 heavy (non-hydrogen) atoms. The van der Waals surface area contributed by atoms with Crippen LogP contribution in [0.4, 0.5) is 14.9 Å². The van der Waals surface area contributed by atoms with Gasteiger partial charge in [-0.2, -0.15) is 5.10 Å². The molecule has 2 aromatic carbocycles. The minimum atomic E-state index is -0.390. The lowest BCUT2D eigenvalue weighted by molar-refractivity contribution is 0.245. The number of H-pyrrole nitrogens is 1. The third-order valence-corrected chi connectivity index (χ3v) is 4.89. The Labute approximate surface area is 162 Å². The number of halogens is 1. The van der Waals surface area contributed by atoms with Gasteiger partial charge in [0.25, 0.3) is 0 Å². The van der Waals surface area contributed by atoms with Gasteiger partial charge in [-0.1, -0.05) is 6.07 Å². The van der Waals surface area contributed by atoms with Crippen molar-refractivity contribution in [2.75, 3.05) is 18.6 Å². The molecule has 1 aromatic heterocycles. The van der Waals surface area contributed by atoms with Crippen molar-refractivity contribution in [3.63, 3.8) is 0 Å². The number of hydrogen-bond acceptors (Lipinski definition) is 3. The summed E-state index contributed by atoms with van der Waals surface area (Å²) in [6, 6.07) is 10.3. The van der Waals surface area contributed by atoms with Crippen LogP contribution >= 0.6 is 0 Å². The van der Waals surface area contributed by atoms with E-state index in [2.05, 4.69) is 21.6 Å². The van der Waals surface area contributed by atoms with Crippen LogP contribution in [0, 0.1) is 5.82 Å². The summed E-state index contributed by atoms with van der Waals surface area (Å²) in [5, 5.41) is 9.69. The van der Waals surface area contributed by atoms with Crippen molar-refractivity contribution in [3.05, 3.63) is 65.7 Å². The molecule has 0 radical (unpaired) electrons. The summed E-state index contributed by atoms with van der Waals surface area (Å²) in [6.45, 7) is 0.877. The van der Waals surface area contributed by atoms with Gasteiger partial charge in [-0.3, -0.25) is 10.00 Å². The van der Waals surface area contributed by atoms with Crippen LogP contribution in [0.25, 0.3) is 11.1 Å². The molecule has 2 amide bonds. The number of nitrogens with one attached hydrogen (secondary N) is 2. The molecular weight excluding hydrogens is 359 g/mol. The Balaban J connectivity index is 1.49. The molecule has 0 spiro atoms. The Hall–Kier alpha value is -3.35. The van der Waals surface area contributed by atoms with Crippen molar-refractivity contribution < 1.29 is 13.9 Å². The lowest BCUT2D eigenvalue weighted by Gasteiger charge is -2.30. The van der Waals surface area contributed by atoms with E-state index in [0.29, 0.717) is 17.9 Å². The van der Waals surface area contributed by atoms with Crippen molar-refractivity contribution in [2.24, 2.45) is 0 Å². The van der Waals surface area contributed by atoms with Crippen LogP contribution in [0.1, 0.15) is 17.5 Å². The second kappa shape index (κ2) is 7.72. The van der Waals surface area contributed by atoms with Crippen LogP contribution in [0.2, 0.25) is 0 Å². The molecule has 6 nitrogen and oxygen atoms in total. The van der Waals surface area contributed by atoms with Crippen LogP contribution in [-0.4, -0.2) is 29.9 Å². The van der Waals surface area contributed by atoms with Crippen molar-refractivity contribution in [1.29, 1.82) is 0 Å². The summed E-state index contributed by atoms with van der Waals surface area (Å²) in [5.41, 5.74) is 4.78. The molecule has 1 aliphatic heterocycles. The number of aromatic amines is 1. The number of fused-ring (bicyclic) bond motifs is 1. The van der Waals surface area contributed by atoms with Gasteiger partial charge >= 0.3 is 6.03 Å². The first-order chi connectivity index (χ1) is 13.6. The maximum absolute atomic E-state index is 13.6. The molecule has 2 N–H and O–H groups in total. The van der Waals surface area contributed by atoms with Crippen LogP contribution in [0.15, 0.2) is 48.8 Å². The third-order valence-electron chi connectivity index (χ3n) is 4.89. The van der Waals surface area contributed by atoms with E-state index in [1.165, 1.54) is 19.2 Å². The number of benzene rings is 2. The predicted octanol–water partition coefficient (Wildman–Crippen LogP) is 3.89. The van der Waals surface area contributed by atoms with E-state index in [9.17, 15) is 9.18 Å². The molecule has 144 valence electrons. The topological polar surface area (TPSA) is 70.2 Å². The zero-order valence-electron chi connectivity index (χ0n) is 15.5. The summed E-state index contributed by atoms with van der Waals surface area (Å²) in [6.07, 6.45) is 5.44. The second-order valence-electron chi connectivity index (χ2n) is 6.74. The molecule has 4 rings (SSSR count). The molecule has 0 saturated heterocycles. The van der Waals surface area contributed by atoms with Crippen molar-refractivity contribution in [1.82, 2.24) is 15.5 Å². The highest BCUT2D eigenvalue weighted by Crippen LogP contribution is 2.31. The van der Waals surface area contributed by atoms with E-state index in [1.807, 2.05) is 18.3 Å². The van der Waals surface area contributed by atoms with E-state index in [0.717, 1.165) is 35.2 Å². The normalized spacial score (nSPS) is 13.1. The van der Waals surface area contributed by atoms with Gasteiger partial charge in [0.05, 0.1) is 13.3 Å². The number of anilines is 1. The molecule has 0 atom stereocenters. The summed E-state index contributed by atoms with van der Waals surface area (Å²) in [5.74, 6) is 0.0398. The van der Waals surface area contributed by atoms with Gasteiger partial charge in [0, 0.05) is 36.6 Å². The fraction of sp³-hybridized carbons (Fsp3) is 0.238. The lowest BCUT2D eigenvalue weighted by Crippen LogP contribution is -2.42. The first-order valence-corrected chi connectivity index (χ1v) is 9.15. The third kappa shape index (κ3) is 3.69. The van der Waals surface area contributed by atoms with Crippen molar-refractivity contribution in [3.8, 4) is 16.9 Å². The van der Waals surface area contributed by atoms with Gasteiger partial charge in [-0.25, -0.2) is 9.18 Å². The number of carbonyl (C=O) groups excluding carboxylic acids is 1. The van der Waals surface area contributed by atoms with Crippen molar-refractivity contribution in [2.45, 2.75) is 19.4 Å². The number of amides is 2. The number of hydrogen-bond donors (Lipinski definition) is 2. The Morgan fingerprint density at radius 1 is 1.29 bits per heavy atom. The highest BCUT2D eigenvalue weighted by molar-refractivity contribution is 5.93. The maximum Gasteiger partial charge on any atom is 0.322 e. The van der Waals surface area contributed by atoms with Gasteiger partial charge in [0.2, 0.25) is 0 Å². The standard InChI is InChI=1S/C21H21FN4O2/c1-28-19-8-14(7-18(22)10-19)11-23-21(27)26-6-2-3-16-9-15(4-5-20(16)26)17-12-24-25-13-17/h4-5,7-10,12-13H,2-3,6,11H2,1H3,(H,23,27)(H,24,25). The van der Waals surface area contributed by atoms with Gasteiger partial charge in [0.1, 0.15) is 11.6 Å². The minimum absolute atomic E-state index is 0.194. The Kier molecular flexibility index (Phi) is 4.97. The first-order valence-electron chi connectivity index (χ1n) is 9.15. The summed E-state index contributed by atoms with van der Waals surface area (Å²) in [4.78, 5) is 14.5. The van der Waals surface area contributed by atoms with E-state index in [-0.39, 0.29) is 12.6 Å². The summed E-state index contributed by atoms with van der Waals surface area (Å²) < 4.78 is 18.7. The van der Waals surface area contributed by atoms with Gasteiger partial charge in [0.15, 0.2) is 0 Å². The number of aromatic nitrogens is 2. The number of rotatable bonds is 4. The fourth-order valence-electron chi connectivity index (χ4n) is 3.51. The molecule has 0 unspecified atom stereocenters. The number of ether oxygens (including phenoxy) is 1. The lowest BCUT2D eigenvalue weighted by atomic mass is 9.97. The molecule has 0 aliphatic carbocycles. The SMILES string of the molecule is COc1cc(F)cc(CNC(=O)N2CCCc3cc(-c4cn[nH]c4)ccc32)c1. The molecule has 2 heterocycles. The monoisotopic (exact) mass is 380 g/mol. The summed E-state index contributed by atoms with van der Waals surface area (Å²) >= 11 is 0. The molecule has 1 aliphatic rings. The Morgan fingerprint density at radius 2 is 2.18 bits per heavy atom. The number of methoxy groups -OCH3 is 1. The maximum atomic E-state index is 13.6. The van der Waals surface area contributed by atoms with Crippen LogP contribution in [-0.2, 0) is 13.0 Å². The number of carbonyl (C=O) groups is 1. The molecule has 7 heteroatoms. The summed E-state index contributed by atoms with van der Waals surface area (Å²) in [7, 11) is 1.49. The largest absolute Gasteiger partial charge is 0.497 e. The quantitative estimate of drug-likeness (QED) is 0.721. The van der Waals surface area contributed by atoms with Gasteiger partial charge in [-0.15, -0.1) is 0 Å². The van der Waals surface area contributed by atoms with E-state index >= 15 is 0 Å². The predicted molar refractivity (Wildman–Crippen MR) is 105 cm³/mol. The Bertz CT molecular complexity index is 988. The molecule has 3 aromatic rings. The number of aryl methyl sites for hydroxylation is 1. The zero-order chi connectivity index (χ0) is 19.5. The Morgan fingerprint density at radius 3 is 2.96 bits per heavy atom. The number of urea groups is 1. The van der Waals surface area contributed by atoms with E-state index in [1.54, 1.807) is 17.2 Å².